The minimum atomic E-state index is 0.426. The fourth-order valence-electron chi connectivity index (χ4n) is 4.70. The lowest BCUT2D eigenvalue weighted by Crippen LogP contribution is -2.30. The fourth-order valence-corrected chi connectivity index (χ4v) is 6.00. The Bertz CT molecular complexity index is 452. The van der Waals surface area contributed by atoms with Crippen LogP contribution >= 0.6 is 11.3 Å². The van der Waals surface area contributed by atoms with Gasteiger partial charge in [-0.25, -0.2) is 0 Å². The van der Waals surface area contributed by atoms with E-state index in [4.69, 9.17) is 0 Å². The standard InChI is InChI=1S/C16H24S/c1-9-6-7-13-12(8-9)14-10(2)17-11(3)15(14)16(13,4)5/h9,12-13H,6-8H2,1-5H3/t9-,12+,13-/m1/s1. The minimum Gasteiger partial charge on any atom is -0.145 e. The largest absolute Gasteiger partial charge is 0.145 e. The van der Waals surface area contributed by atoms with Gasteiger partial charge in [0.2, 0.25) is 0 Å². The van der Waals surface area contributed by atoms with Crippen LogP contribution in [0, 0.1) is 25.7 Å². The summed E-state index contributed by atoms with van der Waals surface area (Å²) >= 11 is 2.03. The molecule has 0 nitrogen and oxygen atoms in total. The van der Waals surface area contributed by atoms with E-state index in [-0.39, 0.29) is 0 Å². The van der Waals surface area contributed by atoms with E-state index in [1.807, 2.05) is 11.3 Å². The molecule has 3 atom stereocenters. The van der Waals surface area contributed by atoms with Crippen molar-refractivity contribution in [2.75, 3.05) is 0 Å². The van der Waals surface area contributed by atoms with E-state index in [0.29, 0.717) is 5.41 Å². The summed E-state index contributed by atoms with van der Waals surface area (Å²) < 4.78 is 0. The number of fused-ring (bicyclic) bond motifs is 3. The molecular weight excluding hydrogens is 224 g/mol. The molecule has 17 heavy (non-hydrogen) atoms. The highest BCUT2D eigenvalue weighted by atomic mass is 32.1. The van der Waals surface area contributed by atoms with Crippen LogP contribution in [-0.2, 0) is 5.41 Å². The molecule has 1 aromatic heterocycles. The third kappa shape index (κ3) is 1.47. The van der Waals surface area contributed by atoms with Crippen molar-refractivity contribution >= 4 is 11.3 Å². The molecule has 0 bridgehead atoms. The highest BCUT2D eigenvalue weighted by Crippen LogP contribution is 2.60. The first-order valence-corrected chi connectivity index (χ1v) is 7.85. The Kier molecular flexibility index (Phi) is 2.49. The van der Waals surface area contributed by atoms with Crippen molar-refractivity contribution in [3.8, 4) is 0 Å². The van der Waals surface area contributed by atoms with Gasteiger partial charge in [-0.15, -0.1) is 11.3 Å². The van der Waals surface area contributed by atoms with Crippen LogP contribution in [0.3, 0.4) is 0 Å². The summed E-state index contributed by atoms with van der Waals surface area (Å²) in [6.07, 6.45) is 4.31. The molecule has 0 radical (unpaired) electrons. The summed E-state index contributed by atoms with van der Waals surface area (Å²) in [5.41, 5.74) is 3.91. The smallest absolute Gasteiger partial charge is 0.00575 e. The second-order valence-electron chi connectivity index (χ2n) is 6.86. The summed E-state index contributed by atoms with van der Waals surface area (Å²) in [6, 6.07) is 0. The predicted molar refractivity (Wildman–Crippen MR) is 76.1 cm³/mol. The molecule has 0 spiro atoms. The molecule has 1 saturated carbocycles. The maximum Gasteiger partial charge on any atom is 0.00575 e. The van der Waals surface area contributed by atoms with Crippen LogP contribution in [0.5, 0.6) is 0 Å². The zero-order valence-electron chi connectivity index (χ0n) is 11.8. The van der Waals surface area contributed by atoms with Crippen LogP contribution in [0.25, 0.3) is 0 Å². The molecule has 0 amide bonds. The number of rotatable bonds is 0. The Hall–Kier alpha value is -0.300. The van der Waals surface area contributed by atoms with Gasteiger partial charge in [0.05, 0.1) is 0 Å². The van der Waals surface area contributed by atoms with Crippen molar-refractivity contribution in [1.29, 1.82) is 0 Å². The Morgan fingerprint density at radius 1 is 1.12 bits per heavy atom. The average Bonchev–Trinajstić information content (AvgIpc) is 2.64. The zero-order valence-corrected chi connectivity index (χ0v) is 12.6. The first kappa shape index (κ1) is 11.8. The molecule has 0 aromatic carbocycles. The first-order chi connectivity index (χ1) is 7.93. The van der Waals surface area contributed by atoms with Crippen molar-refractivity contribution in [3.05, 3.63) is 20.9 Å². The Balaban J connectivity index is 2.15. The van der Waals surface area contributed by atoms with Gasteiger partial charge in [-0.05, 0) is 61.0 Å². The van der Waals surface area contributed by atoms with Gasteiger partial charge in [0.25, 0.3) is 0 Å². The second-order valence-corrected chi connectivity index (χ2v) is 8.28. The third-order valence-corrected chi connectivity index (χ3v) is 6.40. The number of aryl methyl sites for hydroxylation is 2. The van der Waals surface area contributed by atoms with Crippen LogP contribution in [0.2, 0.25) is 0 Å². The van der Waals surface area contributed by atoms with Crippen LogP contribution in [0.4, 0.5) is 0 Å². The van der Waals surface area contributed by atoms with Gasteiger partial charge in [-0.3, -0.25) is 0 Å². The van der Waals surface area contributed by atoms with Crippen LogP contribution < -0.4 is 0 Å². The molecule has 0 unspecified atom stereocenters. The molecule has 0 aliphatic heterocycles. The monoisotopic (exact) mass is 248 g/mol. The normalized spacial score (nSPS) is 34.5. The van der Waals surface area contributed by atoms with E-state index < -0.39 is 0 Å². The lowest BCUT2D eigenvalue weighted by atomic mass is 9.67. The quantitative estimate of drug-likeness (QED) is 0.594. The number of hydrogen-bond acceptors (Lipinski definition) is 1. The summed E-state index contributed by atoms with van der Waals surface area (Å²) in [5.74, 6) is 2.71. The van der Waals surface area contributed by atoms with Crippen molar-refractivity contribution < 1.29 is 0 Å². The van der Waals surface area contributed by atoms with E-state index in [1.165, 1.54) is 19.3 Å². The lowest BCUT2D eigenvalue weighted by molar-refractivity contribution is 0.195. The van der Waals surface area contributed by atoms with Gasteiger partial charge in [0.15, 0.2) is 0 Å². The summed E-state index contributed by atoms with van der Waals surface area (Å²) in [6.45, 7) is 12.1. The molecule has 1 fully saturated rings. The Labute approximate surface area is 109 Å². The SMILES string of the molecule is Cc1sc(C)c2c1[C@H]1C[C@H](C)CC[C@H]1C2(C)C. The van der Waals surface area contributed by atoms with Crippen molar-refractivity contribution in [2.45, 2.75) is 65.2 Å². The Morgan fingerprint density at radius 2 is 1.82 bits per heavy atom. The maximum atomic E-state index is 2.49. The van der Waals surface area contributed by atoms with Gasteiger partial charge in [-0.1, -0.05) is 27.2 Å². The molecule has 1 heteroatoms. The molecule has 0 saturated heterocycles. The highest BCUT2D eigenvalue weighted by molar-refractivity contribution is 7.12. The van der Waals surface area contributed by atoms with Crippen LogP contribution in [-0.4, -0.2) is 0 Å². The van der Waals surface area contributed by atoms with Crippen molar-refractivity contribution in [3.63, 3.8) is 0 Å². The molecule has 94 valence electrons. The van der Waals surface area contributed by atoms with E-state index >= 15 is 0 Å². The van der Waals surface area contributed by atoms with E-state index in [2.05, 4.69) is 34.6 Å². The maximum absolute atomic E-state index is 2.49. The van der Waals surface area contributed by atoms with Gasteiger partial charge < -0.3 is 0 Å². The molecule has 1 aromatic rings. The summed E-state index contributed by atoms with van der Waals surface area (Å²) in [4.78, 5) is 3.19. The van der Waals surface area contributed by atoms with Crippen molar-refractivity contribution in [2.24, 2.45) is 11.8 Å². The predicted octanol–water partition coefficient (Wildman–Crippen LogP) is 5.18. The second kappa shape index (κ2) is 3.60. The number of hydrogen-bond donors (Lipinski definition) is 0. The molecule has 2 aliphatic rings. The Morgan fingerprint density at radius 3 is 2.53 bits per heavy atom. The average molecular weight is 248 g/mol. The zero-order chi connectivity index (χ0) is 12.4. The lowest BCUT2D eigenvalue weighted by Gasteiger charge is -2.38. The van der Waals surface area contributed by atoms with Gasteiger partial charge in [0, 0.05) is 9.75 Å². The van der Waals surface area contributed by atoms with E-state index in [9.17, 15) is 0 Å². The minimum absolute atomic E-state index is 0.426. The van der Waals surface area contributed by atoms with Crippen LogP contribution in [0.15, 0.2) is 0 Å². The van der Waals surface area contributed by atoms with E-state index in [1.54, 1.807) is 20.9 Å². The first-order valence-electron chi connectivity index (χ1n) is 7.03. The molecule has 0 N–H and O–H groups in total. The fraction of sp³-hybridized carbons (Fsp3) is 0.750. The van der Waals surface area contributed by atoms with Crippen LogP contribution in [0.1, 0.15) is 66.8 Å². The number of thiophene rings is 1. The highest BCUT2D eigenvalue weighted by Gasteiger charge is 2.50. The third-order valence-electron chi connectivity index (χ3n) is 5.36. The molecule has 3 rings (SSSR count). The van der Waals surface area contributed by atoms with E-state index in [0.717, 1.165) is 17.8 Å². The van der Waals surface area contributed by atoms with Crippen molar-refractivity contribution in [1.82, 2.24) is 0 Å². The molecule has 1 heterocycles. The molecular formula is C16H24S. The van der Waals surface area contributed by atoms with Gasteiger partial charge >= 0.3 is 0 Å². The van der Waals surface area contributed by atoms with Gasteiger partial charge in [0.1, 0.15) is 0 Å². The molecule has 2 aliphatic carbocycles. The summed E-state index contributed by atoms with van der Waals surface area (Å²) in [5, 5.41) is 0. The summed E-state index contributed by atoms with van der Waals surface area (Å²) in [7, 11) is 0. The topological polar surface area (TPSA) is 0 Å². The van der Waals surface area contributed by atoms with Gasteiger partial charge in [-0.2, -0.15) is 0 Å².